The van der Waals surface area contributed by atoms with Gasteiger partial charge in [0.2, 0.25) is 0 Å². The van der Waals surface area contributed by atoms with E-state index in [2.05, 4.69) is 10.1 Å². The Morgan fingerprint density at radius 2 is 2.13 bits per heavy atom. The zero-order valence-electron chi connectivity index (χ0n) is 8.33. The predicted molar refractivity (Wildman–Crippen MR) is 62.4 cm³/mol. The molecule has 0 amide bonds. The van der Waals surface area contributed by atoms with Gasteiger partial charge in [-0.25, -0.2) is 0 Å². The lowest BCUT2D eigenvalue weighted by Gasteiger charge is -2.04. The third-order valence-electron chi connectivity index (χ3n) is 1.77. The van der Waals surface area contributed by atoms with Gasteiger partial charge in [-0.05, 0) is 11.6 Å². The summed E-state index contributed by atoms with van der Waals surface area (Å²) in [6.45, 7) is 0.760. The van der Waals surface area contributed by atoms with Gasteiger partial charge in [-0.3, -0.25) is 4.79 Å². The molecular formula is C10H13Cl2NO2. The van der Waals surface area contributed by atoms with Gasteiger partial charge in [-0.2, -0.15) is 0 Å². The monoisotopic (exact) mass is 249 g/mol. The van der Waals surface area contributed by atoms with Gasteiger partial charge in [-0.1, -0.05) is 29.8 Å². The Labute approximate surface area is 100 Å². The molecule has 0 saturated heterocycles. The third-order valence-corrected chi connectivity index (χ3v) is 2.14. The molecule has 3 nitrogen and oxygen atoms in total. The second-order valence-corrected chi connectivity index (χ2v) is 3.18. The Balaban J connectivity index is 0.00000196. The molecule has 0 aliphatic rings. The van der Waals surface area contributed by atoms with Gasteiger partial charge >= 0.3 is 5.97 Å². The highest BCUT2D eigenvalue weighted by molar-refractivity contribution is 6.31. The van der Waals surface area contributed by atoms with E-state index in [4.69, 9.17) is 11.6 Å². The fourth-order valence-electron chi connectivity index (χ4n) is 1.01. The van der Waals surface area contributed by atoms with Crippen molar-refractivity contribution >= 4 is 30.0 Å². The van der Waals surface area contributed by atoms with E-state index in [9.17, 15) is 4.79 Å². The number of carbonyl (C=O) groups excluding carboxylic acids is 1. The maximum Gasteiger partial charge on any atom is 0.319 e. The van der Waals surface area contributed by atoms with E-state index in [0.29, 0.717) is 11.6 Å². The van der Waals surface area contributed by atoms with Crippen molar-refractivity contribution in [2.24, 2.45) is 0 Å². The second-order valence-electron chi connectivity index (χ2n) is 2.77. The summed E-state index contributed by atoms with van der Waals surface area (Å²) in [7, 11) is 1.36. The standard InChI is InChI=1S/C10H12ClNO2.ClH/c1-14-10(13)7-12-6-8-4-2-3-5-9(8)11;/h2-5,12H,6-7H2,1H3;1H. The lowest BCUT2D eigenvalue weighted by molar-refractivity contribution is -0.139. The van der Waals surface area contributed by atoms with Crippen molar-refractivity contribution in [1.29, 1.82) is 0 Å². The molecule has 0 fully saturated rings. The molecule has 0 radical (unpaired) electrons. The number of hydrogen-bond acceptors (Lipinski definition) is 3. The normalized spacial score (nSPS) is 9.20. The van der Waals surface area contributed by atoms with Gasteiger partial charge < -0.3 is 10.1 Å². The molecule has 0 saturated carbocycles. The van der Waals surface area contributed by atoms with Gasteiger partial charge in [0, 0.05) is 11.6 Å². The molecule has 5 heteroatoms. The summed E-state index contributed by atoms with van der Waals surface area (Å²) in [5.41, 5.74) is 0.970. The summed E-state index contributed by atoms with van der Waals surface area (Å²) < 4.78 is 4.48. The highest BCUT2D eigenvalue weighted by Gasteiger charge is 2.01. The molecule has 0 aliphatic carbocycles. The number of benzene rings is 1. The summed E-state index contributed by atoms with van der Waals surface area (Å²) in [6.07, 6.45) is 0. The van der Waals surface area contributed by atoms with Gasteiger partial charge in [0.05, 0.1) is 13.7 Å². The van der Waals surface area contributed by atoms with Gasteiger partial charge in [0.1, 0.15) is 0 Å². The fourth-order valence-corrected chi connectivity index (χ4v) is 1.22. The summed E-state index contributed by atoms with van der Waals surface area (Å²) in [5.74, 6) is -0.281. The first-order valence-electron chi connectivity index (χ1n) is 4.25. The van der Waals surface area contributed by atoms with Crippen LogP contribution in [0.15, 0.2) is 24.3 Å². The number of halogens is 2. The average molecular weight is 250 g/mol. The van der Waals surface area contributed by atoms with E-state index in [0.717, 1.165) is 5.56 Å². The minimum atomic E-state index is -0.281. The first-order valence-corrected chi connectivity index (χ1v) is 4.63. The Morgan fingerprint density at radius 1 is 1.47 bits per heavy atom. The molecule has 1 N–H and O–H groups in total. The van der Waals surface area contributed by atoms with Crippen LogP contribution in [0.3, 0.4) is 0 Å². The second kappa shape index (κ2) is 7.51. The lowest BCUT2D eigenvalue weighted by atomic mass is 10.2. The smallest absolute Gasteiger partial charge is 0.319 e. The quantitative estimate of drug-likeness (QED) is 0.831. The van der Waals surface area contributed by atoms with Gasteiger partial charge in [0.15, 0.2) is 0 Å². The van der Waals surface area contributed by atoms with E-state index < -0.39 is 0 Å². The number of rotatable bonds is 4. The number of nitrogens with one attached hydrogen (secondary N) is 1. The lowest BCUT2D eigenvalue weighted by Crippen LogP contribution is -2.23. The summed E-state index contributed by atoms with van der Waals surface area (Å²) in [5, 5.41) is 3.63. The summed E-state index contributed by atoms with van der Waals surface area (Å²) >= 11 is 5.92. The molecule has 0 unspecified atom stereocenters. The largest absolute Gasteiger partial charge is 0.468 e. The molecule has 1 rings (SSSR count). The van der Waals surface area contributed by atoms with Crippen molar-refractivity contribution < 1.29 is 9.53 Å². The molecule has 0 bridgehead atoms. The van der Waals surface area contributed by atoms with Gasteiger partial charge in [0.25, 0.3) is 0 Å². The number of carbonyl (C=O) groups is 1. The average Bonchev–Trinajstić information content (AvgIpc) is 2.20. The van der Waals surface area contributed by atoms with Crippen LogP contribution in [0.2, 0.25) is 5.02 Å². The van der Waals surface area contributed by atoms with Crippen molar-refractivity contribution in [1.82, 2.24) is 5.32 Å². The highest BCUT2D eigenvalue weighted by atomic mass is 35.5. The van der Waals surface area contributed by atoms with Crippen LogP contribution in [0, 0.1) is 0 Å². The molecule has 1 aromatic rings. The van der Waals surface area contributed by atoms with Crippen LogP contribution in [-0.4, -0.2) is 19.6 Å². The van der Waals surface area contributed by atoms with Crippen LogP contribution in [-0.2, 0) is 16.1 Å². The molecule has 1 aromatic carbocycles. The van der Waals surface area contributed by atoms with Crippen molar-refractivity contribution in [3.8, 4) is 0 Å². The van der Waals surface area contributed by atoms with Gasteiger partial charge in [-0.15, -0.1) is 12.4 Å². The van der Waals surface area contributed by atoms with E-state index in [1.54, 1.807) is 0 Å². The zero-order chi connectivity index (χ0) is 10.4. The van der Waals surface area contributed by atoms with Crippen LogP contribution >= 0.6 is 24.0 Å². The Morgan fingerprint density at radius 3 is 2.73 bits per heavy atom. The number of esters is 1. The number of ether oxygens (including phenoxy) is 1. The first kappa shape index (κ1) is 14.2. The van der Waals surface area contributed by atoms with Crippen LogP contribution < -0.4 is 5.32 Å². The van der Waals surface area contributed by atoms with Crippen molar-refractivity contribution in [3.05, 3.63) is 34.9 Å². The van der Waals surface area contributed by atoms with E-state index in [1.807, 2.05) is 24.3 Å². The minimum absolute atomic E-state index is 0. The Bertz CT molecular complexity index is 318. The third kappa shape index (κ3) is 5.02. The van der Waals surface area contributed by atoms with Crippen LogP contribution in [0.25, 0.3) is 0 Å². The zero-order valence-corrected chi connectivity index (χ0v) is 9.90. The maximum atomic E-state index is 10.8. The number of hydrogen-bond donors (Lipinski definition) is 1. The molecule has 0 atom stereocenters. The predicted octanol–water partition coefficient (Wildman–Crippen LogP) is 2.02. The van der Waals surface area contributed by atoms with E-state index in [-0.39, 0.29) is 24.9 Å². The van der Waals surface area contributed by atoms with Crippen LogP contribution in [0.5, 0.6) is 0 Å². The Hall–Kier alpha value is -0.770. The fraction of sp³-hybridized carbons (Fsp3) is 0.300. The van der Waals surface area contributed by atoms with Crippen molar-refractivity contribution in [3.63, 3.8) is 0 Å². The molecule has 15 heavy (non-hydrogen) atoms. The Kier molecular flexibility index (Phi) is 7.13. The SMILES string of the molecule is COC(=O)CNCc1ccccc1Cl.Cl. The van der Waals surface area contributed by atoms with Crippen molar-refractivity contribution in [2.45, 2.75) is 6.54 Å². The van der Waals surface area contributed by atoms with E-state index >= 15 is 0 Å². The molecule has 0 aromatic heterocycles. The number of methoxy groups -OCH3 is 1. The van der Waals surface area contributed by atoms with Crippen LogP contribution in [0.4, 0.5) is 0 Å². The minimum Gasteiger partial charge on any atom is -0.468 e. The van der Waals surface area contributed by atoms with Crippen LogP contribution in [0.1, 0.15) is 5.56 Å². The molecule has 0 spiro atoms. The van der Waals surface area contributed by atoms with Crippen molar-refractivity contribution in [2.75, 3.05) is 13.7 Å². The first-order chi connectivity index (χ1) is 6.74. The summed E-state index contributed by atoms with van der Waals surface area (Å²) in [4.78, 5) is 10.8. The molecule has 84 valence electrons. The topological polar surface area (TPSA) is 38.3 Å². The maximum absolute atomic E-state index is 10.8. The van der Waals surface area contributed by atoms with E-state index in [1.165, 1.54) is 7.11 Å². The molecular weight excluding hydrogens is 237 g/mol. The summed E-state index contributed by atoms with van der Waals surface area (Å²) in [6, 6.07) is 7.50. The molecule has 0 heterocycles. The highest BCUT2D eigenvalue weighted by Crippen LogP contribution is 2.13. The molecule has 0 aliphatic heterocycles.